The van der Waals surface area contributed by atoms with Crippen molar-refractivity contribution in [2.75, 3.05) is 18.9 Å². The summed E-state index contributed by atoms with van der Waals surface area (Å²) in [6.07, 6.45) is 0. The van der Waals surface area contributed by atoms with Gasteiger partial charge in [0, 0.05) is 19.2 Å². The Bertz CT molecular complexity index is 907. The standard InChI is InChI=1S/C20H23N3O2/c1-20(2,3)12-22-18-16-11-14(8-9-17(16)25-23-18)13-6-5-7-15(10-13)19(24)21-4/h5-11H,12H2,1-4H3,(H,21,24)(H,22,23). The summed E-state index contributed by atoms with van der Waals surface area (Å²) < 4.78 is 5.41. The normalized spacial score (nSPS) is 11.5. The maximum absolute atomic E-state index is 11.9. The number of fused-ring (bicyclic) bond motifs is 1. The van der Waals surface area contributed by atoms with E-state index in [0.29, 0.717) is 5.56 Å². The third-order valence-corrected chi connectivity index (χ3v) is 3.94. The number of aromatic nitrogens is 1. The van der Waals surface area contributed by atoms with Gasteiger partial charge in [-0.2, -0.15) is 0 Å². The highest BCUT2D eigenvalue weighted by Gasteiger charge is 2.14. The molecule has 0 saturated carbocycles. The molecule has 5 heteroatoms. The summed E-state index contributed by atoms with van der Waals surface area (Å²) in [6.45, 7) is 7.29. The van der Waals surface area contributed by atoms with Gasteiger partial charge in [0.15, 0.2) is 11.4 Å². The summed E-state index contributed by atoms with van der Waals surface area (Å²) in [4.78, 5) is 11.9. The van der Waals surface area contributed by atoms with Crippen LogP contribution in [0.2, 0.25) is 0 Å². The van der Waals surface area contributed by atoms with E-state index >= 15 is 0 Å². The molecule has 0 saturated heterocycles. The molecule has 5 nitrogen and oxygen atoms in total. The number of nitrogens with one attached hydrogen (secondary N) is 2. The molecule has 3 aromatic rings. The van der Waals surface area contributed by atoms with Crippen LogP contribution in [-0.4, -0.2) is 24.7 Å². The molecule has 1 aromatic heterocycles. The van der Waals surface area contributed by atoms with E-state index in [-0.39, 0.29) is 11.3 Å². The van der Waals surface area contributed by atoms with Crippen LogP contribution in [0.4, 0.5) is 5.82 Å². The molecule has 0 spiro atoms. The highest BCUT2D eigenvalue weighted by Crippen LogP contribution is 2.30. The lowest BCUT2D eigenvalue weighted by Gasteiger charge is -2.18. The molecule has 1 amide bonds. The molecule has 130 valence electrons. The molecule has 0 aliphatic carbocycles. The van der Waals surface area contributed by atoms with Crippen LogP contribution < -0.4 is 10.6 Å². The van der Waals surface area contributed by atoms with Crippen LogP contribution in [0, 0.1) is 5.41 Å². The summed E-state index contributed by atoms with van der Waals surface area (Å²) in [5.41, 5.74) is 3.51. The molecule has 0 aliphatic heterocycles. The monoisotopic (exact) mass is 337 g/mol. The lowest BCUT2D eigenvalue weighted by atomic mass is 9.97. The van der Waals surface area contributed by atoms with Crippen LogP contribution in [0.1, 0.15) is 31.1 Å². The largest absolute Gasteiger partial charge is 0.366 e. The summed E-state index contributed by atoms with van der Waals surface area (Å²) in [6, 6.07) is 13.5. The van der Waals surface area contributed by atoms with Gasteiger partial charge in [0.05, 0.1) is 5.39 Å². The van der Waals surface area contributed by atoms with Gasteiger partial charge in [0.1, 0.15) is 0 Å². The molecule has 0 bridgehead atoms. The smallest absolute Gasteiger partial charge is 0.251 e. The van der Waals surface area contributed by atoms with Crippen molar-refractivity contribution in [1.82, 2.24) is 10.5 Å². The Morgan fingerprint density at radius 3 is 2.60 bits per heavy atom. The quantitative estimate of drug-likeness (QED) is 0.744. The molecule has 25 heavy (non-hydrogen) atoms. The molecule has 0 unspecified atom stereocenters. The lowest BCUT2D eigenvalue weighted by Crippen LogP contribution is -2.19. The first kappa shape index (κ1) is 17.0. The fourth-order valence-electron chi connectivity index (χ4n) is 2.58. The zero-order valence-electron chi connectivity index (χ0n) is 15.0. The van der Waals surface area contributed by atoms with Gasteiger partial charge in [-0.1, -0.05) is 44.1 Å². The van der Waals surface area contributed by atoms with Crippen LogP contribution in [0.3, 0.4) is 0 Å². The molecule has 2 aromatic carbocycles. The van der Waals surface area contributed by atoms with Crippen LogP contribution in [0.15, 0.2) is 47.0 Å². The fourth-order valence-corrected chi connectivity index (χ4v) is 2.58. The Kier molecular flexibility index (Phi) is 4.49. The maximum atomic E-state index is 11.9. The Labute approximate surface area is 147 Å². The zero-order chi connectivity index (χ0) is 18.0. The zero-order valence-corrected chi connectivity index (χ0v) is 15.0. The van der Waals surface area contributed by atoms with Crippen LogP contribution in [0.25, 0.3) is 22.1 Å². The van der Waals surface area contributed by atoms with E-state index in [9.17, 15) is 4.79 Å². The minimum absolute atomic E-state index is 0.0968. The number of hydrogen-bond donors (Lipinski definition) is 2. The van der Waals surface area contributed by atoms with Crippen molar-refractivity contribution >= 4 is 22.7 Å². The number of hydrogen-bond acceptors (Lipinski definition) is 4. The Morgan fingerprint density at radius 1 is 1.12 bits per heavy atom. The number of amides is 1. The first-order chi connectivity index (χ1) is 11.9. The van der Waals surface area contributed by atoms with Crippen LogP contribution >= 0.6 is 0 Å². The number of anilines is 1. The summed E-state index contributed by atoms with van der Waals surface area (Å²) in [5.74, 6) is 0.648. The third kappa shape index (κ3) is 3.82. The average molecular weight is 337 g/mol. The molecule has 0 atom stereocenters. The minimum Gasteiger partial charge on any atom is -0.366 e. The number of carbonyl (C=O) groups excluding carboxylic acids is 1. The molecule has 0 fully saturated rings. The van der Waals surface area contributed by atoms with Gasteiger partial charge >= 0.3 is 0 Å². The first-order valence-corrected chi connectivity index (χ1v) is 8.33. The Morgan fingerprint density at radius 2 is 1.88 bits per heavy atom. The number of nitrogens with zero attached hydrogens (tertiary/aromatic N) is 1. The molecular weight excluding hydrogens is 314 g/mol. The Hall–Kier alpha value is -2.82. The van der Waals surface area contributed by atoms with Crippen molar-refractivity contribution in [3.8, 4) is 11.1 Å². The predicted molar refractivity (Wildman–Crippen MR) is 101 cm³/mol. The van der Waals surface area contributed by atoms with E-state index in [0.717, 1.165) is 34.5 Å². The van der Waals surface area contributed by atoms with E-state index in [2.05, 4.69) is 36.6 Å². The minimum atomic E-state index is -0.0968. The maximum Gasteiger partial charge on any atom is 0.251 e. The van der Waals surface area contributed by atoms with Crippen molar-refractivity contribution in [2.24, 2.45) is 5.41 Å². The van der Waals surface area contributed by atoms with E-state index < -0.39 is 0 Å². The second kappa shape index (κ2) is 6.59. The highest BCUT2D eigenvalue weighted by molar-refractivity contribution is 5.96. The highest BCUT2D eigenvalue weighted by atomic mass is 16.5. The van der Waals surface area contributed by atoms with Gasteiger partial charge in [-0.3, -0.25) is 4.79 Å². The predicted octanol–water partition coefficient (Wildman–Crippen LogP) is 4.31. The molecule has 0 radical (unpaired) electrons. The van der Waals surface area contributed by atoms with E-state index in [4.69, 9.17) is 4.52 Å². The number of carbonyl (C=O) groups is 1. The van der Waals surface area contributed by atoms with Crippen molar-refractivity contribution in [1.29, 1.82) is 0 Å². The molecular formula is C20H23N3O2. The first-order valence-electron chi connectivity index (χ1n) is 8.33. The van der Waals surface area contributed by atoms with Gasteiger partial charge in [0.2, 0.25) is 0 Å². The van der Waals surface area contributed by atoms with E-state index in [1.807, 2.05) is 36.4 Å². The Balaban J connectivity index is 1.97. The molecule has 2 N–H and O–H groups in total. The number of rotatable bonds is 4. The fraction of sp³-hybridized carbons (Fsp3) is 0.300. The topological polar surface area (TPSA) is 67.2 Å². The van der Waals surface area contributed by atoms with Gasteiger partial charge in [0.25, 0.3) is 5.91 Å². The third-order valence-electron chi connectivity index (χ3n) is 3.94. The van der Waals surface area contributed by atoms with Gasteiger partial charge in [-0.05, 0) is 40.8 Å². The van der Waals surface area contributed by atoms with Crippen molar-refractivity contribution in [3.63, 3.8) is 0 Å². The van der Waals surface area contributed by atoms with E-state index in [1.165, 1.54) is 0 Å². The second-order valence-electron chi connectivity index (χ2n) is 7.32. The average Bonchev–Trinajstić information content (AvgIpc) is 3.01. The summed E-state index contributed by atoms with van der Waals surface area (Å²) in [5, 5.41) is 11.1. The summed E-state index contributed by atoms with van der Waals surface area (Å²) >= 11 is 0. The van der Waals surface area contributed by atoms with Gasteiger partial charge < -0.3 is 15.2 Å². The van der Waals surface area contributed by atoms with Crippen LogP contribution in [0.5, 0.6) is 0 Å². The van der Waals surface area contributed by atoms with E-state index in [1.54, 1.807) is 13.1 Å². The molecule has 1 heterocycles. The lowest BCUT2D eigenvalue weighted by molar-refractivity contribution is 0.0963. The van der Waals surface area contributed by atoms with Crippen molar-refractivity contribution < 1.29 is 9.32 Å². The second-order valence-corrected chi connectivity index (χ2v) is 7.32. The SMILES string of the molecule is CNC(=O)c1cccc(-c2ccc3onc(NCC(C)(C)C)c3c2)c1. The van der Waals surface area contributed by atoms with Gasteiger partial charge in [-0.25, -0.2) is 0 Å². The van der Waals surface area contributed by atoms with Crippen LogP contribution in [-0.2, 0) is 0 Å². The molecule has 3 rings (SSSR count). The van der Waals surface area contributed by atoms with Crippen molar-refractivity contribution in [3.05, 3.63) is 48.0 Å². The van der Waals surface area contributed by atoms with Gasteiger partial charge in [-0.15, -0.1) is 0 Å². The summed E-state index contributed by atoms with van der Waals surface area (Å²) in [7, 11) is 1.63. The molecule has 0 aliphatic rings. The number of benzene rings is 2. The van der Waals surface area contributed by atoms with Crippen molar-refractivity contribution in [2.45, 2.75) is 20.8 Å².